The van der Waals surface area contributed by atoms with E-state index in [-0.39, 0.29) is 17.4 Å². The fourth-order valence-electron chi connectivity index (χ4n) is 1.92. The molecule has 20 heavy (non-hydrogen) atoms. The molecule has 6 heteroatoms. The minimum Gasteiger partial charge on any atom is -0.493 e. The van der Waals surface area contributed by atoms with E-state index in [1.54, 1.807) is 7.11 Å². The van der Waals surface area contributed by atoms with Gasteiger partial charge < -0.3 is 14.8 Å². The number of aromatic nitrogens is 2. The second kappa shape index (κ2) is 5.83. The van der Waals surface area contributed by atoms with Crippen molar-refractivity contribution >= 4 is 0 Å². The van der Waals surface area contributed by atoms with Crippen LogP contribution in [0.1, 0.15) is 18.7 Å². The minimum absolute atomic E-state index is 0.0263. The highest BCUT2D eigenvalue weighted by Gasteiger charge is 2.16. The molecule has 0 aliphatic heterocycles. The minimum atomic E-state index is -0.470. The van der Waals surface area contributed by atoms with Crippen molar-refractivity contribution in [2.45, 2.75) is 12.8 Å². The van der Waals surface area contributed by atoms with Gasteiger partial charge in [-0.05, 0) is 17.7 Å². The van der Waals surface area contributed by atoms with E-state index in [1.807, 2.05) is 6.92 Å². The number of aromatic hydroxyl groups is 1. The molecule has 0 saturated heterocycles. The zero-order valence-electron chi connectivity index (χ0n) is 11.2. The monoisotopic (exact) mass is 278 g/mol. The molecule has 2 N–H and O–H groups in total. The van der Waals surface area contributed by atoms with E-state index in [9.17, 15) is 14.3 Å². The summed E-state index contributed by atoms with van der Waals surface area (Å²) in [6.45, 7) is 2.19. The molecular formula is C14H15FN2O3. The molecule has 0 aliphatic rings. The topological polar surface area (TPSA) is 75.2 Å². The lowest BCUT2D eigenvalue weighted by atomic mass is 10.1. The van der Waals surface area contributed by atoms with Crippen LogP contribution in [0.5, 0.6) is 5.88 Å². The van der Waals surface area contributed by atoms with Gasteiger partial charge in [0.15, 0.2) is 0 Å². The fraction of sp³-hybridized carbons (Fsp3) is 0.286. The van der Waals surface area contributed by atoms with Crippen molar-refractivity contribution in [1.82, 2.24) is 9.97 Å². The Morgan fingerprint density at radius 3 is 2.60 bits per heavy atom. The van der Waals surface area contributed by atoms with Gasteiger partial charge in [-0.15, -0.1) is 0 Å². The van der Waals surface area contributed by atoms with Crippen molar-refractivity contribution < 1.29 is 14.2 Å². The zero-order valence-corrected chi connectivity index (χ0v) is 11.2. The van der Waals surface area contributed by atoms with Gasteiger partial charge in [-0.3, -0.25) is 4.79 Å². The summed E-state index contributed by atoms with van der Waals surface area (Å²) in [6, 6.07) is 5.27. The Morgan fingerprint density at radius 1 is 1.40 bits per heavy atom. The molecule has 2 rings (SSSR count). The molecule has 0 bridgehead atoms. The SMILES string of the molecule is COCC(C)c1nc(O)c(-c2ccc(F)cc2)c(=O)[nH]1. The molecule has 2 aromatic rings. The predicted octanol–water partition coefficient (Wildman–Crippen LogP) is 2.03. The second-order valence-corrected chi connectivity index (χ2v) is 4.51. The van der Waals surface area contributed by atoms with Gasteiger partial charge in [-0.1, -0.05) is 19.1 Å². The Labute approximate surface area is 115 Å². The number of methoxy groups -OCH3 is 1. The molecule has 1 heterocycles. The molecule has 0 fully saturated rings. The Balaban J connectivity index is 2.46. The van der Waals surface area contributed by atoms with Crippen molar-refractivity contribution in [3.63, 3.8) is 0 Å². The first kappa shape index (κ1) is 14.2. The predicted molar refractivity (Wildman–Crippen MR) is 72.2 cm³/mol. The van der Waals surface area contributed by atoms with Crippen LogP contribution < -0.4 is 5.56 Å². The molecule has 0 amide bonds. The fourth-order valence-corrected chi connectivity index (χ4v) is 1.92. The van der Waals surface area contributed by atoms with E-state index in [0.29, 0.717) is 18.0 Å². The molecule has 0 aliphatic carbocycles. The molecule has 1 atom stereocenters. The van der Waals surface area contributed by atoms with Crippen LogP contribution >= 0.6 is 0 Å². The van der Waals surface area contributed by atoms with Gasteiger partial charge in [0, 0.05) is 13.0 Å². The molecule has 0 saturated carbocycles. The van der Waals surface area contributed by atoms with E-state index in [0.717, 1.165) is 0 Å². The lowest BCUT2D eigenvalue weighted by Crippen LogP contribution is -2.17. The molecular weight excluding hydrogens is 263 g/mol. The van der Waals surface area contributed by atoms with E-state index in [4.69, 9.17) is 4.74 Å². The first-order valence-electron chi connectivity index (χ1n) is 6.11. The van der Waals surface area contributed by atoms with Crippen LogP contribution in [-0.4, -0.2) is 28.8 Å². The van der Waals surface area contributed by atoms with Crippen LogP contribution in [0.4, 0.5) is 4.39 Å². The standard InChI is InChI=1S/C14H15FN2O3/c1-8(7-20-2)12-16-13(18)11(14(19)17-12)9-3-5-10(15)6-4-9/h3-6,8H,7H2,1-2H3,(H2,16,17,18,19). The first-order valence-corrected chi connectivity index (χ1v) is 6.11. The number of rotatable bonds is 4. The lowest BCUT2D eigenvalue weighted by Gasteiger charge is -2.11. The summed E-state index contributed by atoms with van der Waals surface area (Å²) < 4.78 is 17.9. The van der Waals surface area contributed by atoms with E-state index >= 15 is 0 Å². The molecule has 1 unspecified atom stereocenters. The molecule has 0 spiro atoms. The normalized spacial score (nSPS) is 12.3. The highest BCUT2D eigenvalue weighted by molar-refractivity contribution is 5.67. The van der Waals surface area contributed by atoms with E-state index in [1.165, 1.54) is 24.3 Å². The molecule has 106 valence electrons. The first-order chi connectivity index (χ1) is 9.52. The van der Waals surface area contributed by atoms with Crippen LogP contribution in [0.25, 0.3) is 11.1 Å². The second-order valence-electron chi connectivity index (χ2n) is 4.51. The zero-order chi connectivity index (χ0) is 14.7. The summed E-state index contributed by atoms with van der Waals surface area (Å²) in [7, 11) is 1.54. The maximum absolute atomic E-state index is 12.9. The number of aromatic amines is 1. The summed E-state index contributed by atoms with van der Waals surface area (Å²) in [5.74, 6) is -0.595. The molecule has 1 aromatic heterocycles. The number of H-pyrrole nitrogens is 1. The molecule has 5 nitrogen and oxygen atoms in total. The van der Waals surface area contributed by atoms with Gasteiger partial charge in [0.05, 0.1) is 6.61 Å². The van der Waals surface area contributed by atoms with Crippen molar-refractivity contribution in [1.29, 1.82) is 0 Å². The van der Waals surface area contributed by atoms with Gasteiger partial charge in [0.1, 0.15) is 17.2 Å². The Hall–Kier alpha value is -2.21. The Morgan fingerprint density at radius 2 is 2.05 bits per heavy atom. The van der Waals surface area contributed by atoms with E-state index in [2.05, 4.69) is 9.97 Å². The molecule has 1 aromatic carbocycles. The van der Waals surface area contributed by atoms with Crippen LogP contribution in [-0.2, 0) is 4.74 Å². The summed E-state index contributed by atoms with van der Waals surface area (Å²) in [5.41, 5.74) is -0.0379. The van der Waals surface area contributed by atoms with Crippen LogP contribution in [0.2, 0.25) is 0 Å². The number of hydrogen-bond acceptors (Lipinski definition) is 4. The summed E-state index contributed by atoms with van der Waals surface area (Å²) >= 11 is 0. The van der Waals surface area contributed by atoms with Crippen molar-refractivity contribution in [2.75, 3.05) is 13.7 Å². The Kier molecular flexibility index (Phi) is 4.14. The highest BCUT2D eigenvalue weighted by atomic mass is 19.1. The van der Waals surface area contributed by atoms with Crippen molar-refractivity contribution in [2.24, 2.45) is 0 Å². The van der Waals surface area contributed by atoms with Gasteiger partial charge in [-0.2, -0.15) is 4.98 Å². The van der Waals surface area contributed by atoms with E-state index < -0.39 is 11.4 Å². The Bertz CT molecular complexity index is 652. The lowest BCUT2D eigenvalue weighted by molar-refractivity contribution is 0.181. The number of ether oxygens (including phenoxy) is 1. The third kappa shape index (κ3) is 2.85. The maximum atomic E-state index is 12.9. The number of nitrogens with one attached hydrogen (secondary N) is 1. The number of hydrogen-bond donors (Lipinski definition) is 2. The van der Waals surface area contributed by atoms with Gasteiger partial charge in [0.25, 0.3) is 5.56 Å². The van der Waals surface area contributed by atoms with Crippen LogP contribution in [0.3, 0.4) is 0 Å². The third-order valence-corrected chi connectivity index (χ3v) is 2.93. The van der Waals surface area contributed by atoms with Gasteiger partial charge in [-0.25, -0.2) is 4.39 Å². The number of benzene rings is 1. The van der Waals surface area contributed by atoms with Crippen molar-refractivity contribution in [3.8, 4) is 17.0 Å². The number of halogens is 1. The average Bonchev–Trinajstić information content (AvgIpc) is 2.40. The largest absolute Gasteiger partial charge is 0.493 e. The quantitative estimate of drug-likeness (QED) is 0.897. The van der Waals surface area contributed by atoms with Gasteiger partial charge in [0.2, 0.25) is 5.88 Å². The average molecular weight is 278 g/mol. The summed E-state index contributed by atoms with van der Waals surface area (Å²) in [5, 5.41) is 9.95. The smallest absolute Gasteiger partial charge is 0.262 e. The third-order valence-electron chi connectivity index (χ3n) is 2.93. The maximum Gasteiger partial charge on any atom is 0.262 e. The van der Waals surface area contributed by atoms with Crippen LogP contribution in [0, 0.1) is 5.82 Å². The van der Waals surface area contributed by atoms with Crippen molar-refractivity contribution in [3.05, 3.63) is 46.3 Å². The molecule has 0 radical (unpaired) electrons. The highest BCUT2D eigenvalue weighted by Crippen LogP contribution is 2.24. The summed E-state index contributed by atoms with van der Waals surface area (Å²) in [4.78, 5) is 18.7. The number of nitrogens with zero attached hydrogens (tertiary/aromatic N) is 1. The van der Waals surface area contributed by atoms with Gasteiger partial charge >= 0.3 is 0 Å². The van der Waals surface area contributed by atoms with Crippen LogP contribution in [0.15, 0.2) is 29.1 Å². The summed E-state index contributed by atoms with van der Waals surface area (Å²) in [6.07, 6.45) is 0.